The monoisotopic (exact) mass is 475 g/mol. The summed E-state index contributed by atoms with van der Waals surface area (Å²) in [5.41, 5.74) is 6.45. The van der Waals surface area contributed by atoms with Gasteiger partial charge in [-0.3, -0.25) is 9.59 Å². The molecule has 0 aliphatic carbocycles. The minimum absolute atomic E-state index is 0.00887. The van der Waals surface area contributed by atoms with E-state index >= 15 is 0 Å². The Kier molecular flexibility index (Phi) is 12.2. The molecule has 0 bridgehead atoms. The Labute approximate surface area is 191 Å². The van der Waals surface area contributed by atoms with Crippen LogP contribution in [0.15, 0.2) is 36.4 Å². The van der Waals surface area contributed by atoms with Gasteiger partial charge < -0.3 is 26.2 Å². The third-order valence-electron chi connectivity index (χ3n) is 4.02. The van der Waals surface area contributed by atoms with Crippen LogP contribution in [0.4, 0.5) is 18.9 Å². The summed E-state index contributed by atoms with van der Waals surface area (Å²) in [7, 11) is 1.59. The van der Waals surface area contributed by atoms with Gasteiger partial charge in [-0.2, -0.15) is 13.2 Å². The first kappa shape index (κ1) is 29.9. The van der Waals surface area contributed by atoms with Crippen LogP contribution in [0.5, 0.6) is 5.75 Å². The highest BCUT2D eigenvalue weighted by Crippen LogP contribution is 2.21. The Hall–Kier alpha value is -3.08. The van der Waals surface area contributed by atoms with E-state index < -0.39 is 18.2 Å². The molecule has 0 aliphatic rings. The normalized spacial score (nSPS) is 13.4. The summed E-state index contributed by atoms with van der Waals surface area (Å²) in [5, 5.41) is 12.8. The minimum atomic E-state index is -5.08. The van der Waals surface area contributed by atoms with Crippen molar-refractivity contribution in [3.63, 3.8) is 0 Å². The Bertz CT molecular complexity index is 803. The number of ether oxygens (including phenoxy) is 1. The lowest BCUT2D eigenvalue weighted by molar-refractivity contribution is -0.192. The third-order valence-corrected chi connectivity index (χ3v) is 4.02. The fourth-order valence-electron chi connectivity index (χ4n) is 2.36. The molecule has 1 aromatic carbocycles. The molecule has 0 saturated heterocycles. The molecule has 0 saturated carbocycles. The van der Waals surface area contributed by atoms with Crippen molar-refractivity contribution in [2.45, 2.75) is 58.8 Å². The van der Waals surface area contributed by atoms with Gasteiger partial charge in [0.25, 0.3) is 0 Å². The number of halogens is 3. The summed E-state index contributed by atoms with van der Waals surface area (Å²) in [5.74, 6) is -2.50. The highest BCUT2D eigenvalue weighted by Gasteiger charge is 2.38. The van der Waals surface area contributed by atoms with Crippen LogP contribution in [-0.2, 0) is 14.4 Å². The maximum absolute atomic E-state index is 12.1. The van der Waals surface area contributed by atoms with E-state index in [9.17, 15) is 22.8 Å². The minimum Gasteiger partial charge on any atom is -0.497 e. The second kappa shape index (κ2) is 13.5. The summed E-state index contributed by atoms with van der Waals surface area (Å²) in [6.45, 7) is 8.10. The zero-order valence-electron chi connectivity index (χ0n) is 19.3. The number of nitrogens with two attached hydrogens (primary N) is 1. The van der Waals surface area contributed by atoms with Gasteiger partial charge in [0, 0.05) is 17.8 Å². The molecule has 0 unspecified atom stereocenters. The SMILES string of the molecule is CC[C@H](N)C(=O)N[C@H](C=CC(=O)Nc1ccc(OC)cc1)CC(C)(C)C.O=C(O)C(F)(F)F. The van der Waals surface area contributed by atoms with Gasteiger partial charge in [0.15, 0.2) is 0 Å². The van der Waals surface area contributed by atoms with Crippen molar-refractivity contribution < 1.29 is 37.4 Å². The molecule has 1 rings (SSSR count). The van der Waals surface area contributed by atoms with Crippen molar-refractivity contribution in [3.05, 3.63) is 36.4 Å². The summed E-state index contributed by atoms with van der Waals surface area (Å²) in [6, 6.07) is 6.27. The molecular weight excluding hydrogens is 443 g/mol. The lowest BCUT2D eigenvalue weighted by atomic mass is 9.87. The number of carbonyl (C=O) groups excluding carboxylic acids is 2. The van der Waals surface area contributed by atoms with E-state index in [1.165, 1.54) is 6.08 Å². The molecule has 186 valence electrons. The molecule has 0 heterocycles. The summed E-state index contributed by atoms with van der Waals surface area (Å²) >= 11 is 0. The number of carboxylic acids is 1. The van der Waals surface area contributed by atoms with Crippen LogP contribution in [0.1, 0.15) is 40.5 Å². The number of anilines is 1. The average Bonchev–Trinajstić information content (AvgIpc) is 2.70. The van der Waals surface area contributed by atoms with Gasteiger partial charge in [0.2, 0.25) is 11.8 Å². The van der Waals surface area contributed by atoms with Gasteiger partial charge in [0.05, 0.1) is 13.2 Å². The van der Waals surface area contributed by atoms with Gasteiger partial charge in [-0.25, -0.2) is 4.79 Å². The van der Waals surface area contributed by atoms with Gasteiger partial charge in [-0.1, -0.05) is 33.8 Å². The molecule has 5 N–H and O–H groups in total. The predicted molar refractivity (Wildman–Crippen MR) is 119 cm³/mol. The number of carbonyl (C=O) groups is 3. The van der Waals surface area contributed by atoms with E-state index in [1.807, 2.05) is 6.92 Å². The largest absolute Gasteiger partial charge is 0.497 e. The molecule has 0 spiro atoms. The van der Waals surface area contributed by atoms with Crippen LogP contribution in [0.2, 0.25) is 0 Å². The second-order valence-electron chi connectivity index (χ2n) is 8.27. The van der Waals surface area contributed by atoms with Crippen LogP contribution in [0.25, 0.3) is 0 Å². The maximum atomic E-state index is 12.1. The zero-order valence-corrected chi connectivity index (χ0v) is 19.3. The number of hydrogen-bond donors (Lipinski definition) is 4. The quantitative estimate of drug-likeness (QED) is 0.426. The van der Waals surface area contributed by atoms with Crippen molar-refractivity contribution >= 4 is 23.5 Å². The topological polar surface area (TPSA) is 131 Å². The van der Waals surface area contributed by atoms with Crippen molar-refractivity contribution in [2.75, 3.05) is 12.4 Å². The number of rotatable bonds is 8. The summed E-state index contributed by atoms with van der Waals surface area (Å²) < 4.78 is 36.8. The van der Waals surface area contributed by atoms with Gasteiger partial charge >= 0.3 is 12.1 Å². The number of methoxy groups -OCH3 is 1. The predicted octanol–water partition coefficient (Wildman–Crippen LogP) is 3.48. The molecule has 0 aromatic heterocycles. The molecule has 0 radical (unpaired) electrons. The molecule has 2 atom stereocenters. The zero-order chi connectivity index (χ0) is 25.8. The van der Waals surface area contributed by atoms with Crippen LogP contribution in [-0.4, -0.2) is 48.3 Å². The number of nitrogens with one attached hydrogen (secondary N) is 2. The fraction of sp³-hybridized carbons (Fsp3) is 0.500. The second-order valence-corrected chi connectivity index (χ2v) is 8.27. The van der Waals surface area contributed by atoms with Crippen molar-refractivity contribution in [1.82, 2.24) is 5.32 Å². The Morgan fingerprint density at radius 2 is 1.67 bits per heavy atom. The number of carboxylic acid groups (broad SMARTS) is 1. The van der Waals surface area contributed by atoms with E-state index in [2.05, 4.69) is 31.4 Å². The Morgan fingerprint density at radius 3 is 2.06 bits per heavy atom. The van der Waals surface area contributed by atoms with Crippen molar-refractivity contribution in [3.8, 4) is 5.75 Å². The first-order valence-corrected chi connectivity index (χ1v) is 10.1. The Morgan fingerprint density at radius 1 is 1.15 bits per heavy atom. The number of hydrogen-bond acceptors (Lipinski definition) is 5. The molecule has 11 heteroatoms. The van der Waals surface area contributed by atoms with E-state index in [1.54, 1.807) is 37.5 Å². The molecule has 8 nitrogen and oxygen atoms in total. The van der Waals surface area contributed by atoms with Gasteiger partial charge in [0.1, 0.15) is 5.75 Å². The first-order valence-electron chi connectivity index (χ1n) is 10.1. The molecule has 1 aromatic rings. The fourth-order valence-corrected chi connectivity index (χ4v) is 2.36. The lowest BCUT2D eigenvalue weighted by Crippen LogP contribution is -2.45. The van der Waals surface area contributed by atoms with Gasteiger partial charge in [-0.05, 0) is 42.5 Å². The molecule has 0 aliphatic heterocycles. The van der Waals surface area contributed by atoms with Crippen LogP contribution >= 0.6 is 0 Å². The number of benzene rings is 1. The third kappa shape index (κ3) is 13.8. The van der Waals surface area contributed by atoms with Crippen LogP contribution in [0.3, 0.4) is 0 Å². The van der Waals surface area contributed by atoms with E-state index in [0.717, 1.165) is 5.75 Å². The van der Waals surface area contributed by atoms with E-state index in [-0.39, 0.29) is 23.3 Å². The average molecular weight is 476 g/mol. The van der Waals surface area contributed by atoms with Crippen molar-refractivity contribution in [2.24, 2.45) is 11.1 Å². The van der Waals surface area contributed by atoms with Gasteiger partial charge in [-0.15, -0.1) is 0 Å². The Balaban J connectivity index is 0.00000126. The standard InChI is InChI=1S/C20H31N3O3.C2HF3O2/c1-6-17(21)19(25)23-15(13-20(2,3)4)9-12-18(24)22-14-7-10-16(26-5)11-8-14;3-2(4,5)1(6)7/h7-12,15,17H,6,13,21H2,1-5H3,(H,22,24)(H,23,25);(H,6,7)/t15-,17+;/m1./s1. The summed E-state index contributed by atoms with van der Waals surface area (Å²) in [6.07, 6.45) is -0.667. The van der Waals surface area contributed by atoms with Crippen molar-refractivity contribution in [1.29, 1.82) is 0 Å². The highest BCUT2D eigenvalue weighted by molar-refractivity contribution is 5.99. The first-order chi connectivity index (χ1) is 15.1. The smallest absolute Gasteiger partial charge is 0.490 e. The van der Waals surface area contributed by atoms with E-state index in [0.29, 0.717) is 18.5 Å². The molecule has 2 amide bonds. The van der Waals surface area contributed by atoms with Crippen LogP contribution < -0.4 is 21.1 Å². The summed E-state index contributed by atoms with van der Waals surface area (Å²) in [4.78, 5) is 33.1. The number of aliphatic carboxylic acids is 1. The molecule has 33 heavy (non-hydrogen) atoms. The lowest BCUT2D eigenvalue weighted by Gasteiger charge is -2.25. The molecular formula is C22H32F3N3O5. The maximum Gasteiger partial charge on any atom is 0.490 e. The van der Waals surface area contributed by atoms with E-state index in [4.69, 9.17) is 20.4 Å². The molecule has 0 fully saturated rings. The van der Waals surface area contributed by atoms with Crippen LogP contribution in [0, 0.1) is 5.41 Å². The number of alkyl halides is 3. The number of amides is 2. The highest BCUT2D eigenvalue weighted by atomic mass is 19.4.